The van der Waals surface area contributed by atoms with E-state index in [4.69, 9.17) is 8.83 Å². The van der Waals surface area contributed by atoms with Crippen molar-refractivity contribution >= 4 is 99.5 Å². The molecule has 14 aromatic rings. The Labute approximate surface area is 416 Å². The molecule has 0 aliphatic heterocycles. The largest absolute Gasteiger partial charge is 0.456 e. The predicted octanol–water partition coefficient (Wildman–Crippen LogP) is 19.7. The van der Waals surface area contributed by atoms with Crippen molar-refractivity contribution in [2.24, 2.45) is 0 Å². The topological polar surface area (TPSA) is 32.8 Å². The van der Waals surface area contributed by atoms with E-state index in [2.05, 4.69) is 252 Å². The molecule has 0 aliphatic carbocycles. The van der Waals surface area contributed by atoms with Gasteiger partial charge in [0.2, 0.25) is 0 Å². The lowest BCUT2D eigenvalue weighted by atomic mass is 9.98. The van der Waals surface area contributed by atoms with Crippen LogP contribution in [0.3, 0.4) is 0 Å². The SMILES string of the molecule is c1cc(-c2cccc(N(c3ccc(-c4cccc5ccccc45)cc3)c3ccc4c(c3)oc3ccccc34)c2)cc(N(c2ccc(-c3ccc4ccccc4c3)cc2)c2ccc3c(c2)oc2ccccc23)c1. The van der Waals surface area contributed by atoms with Gasteiger partial charge in [-0.1, -0.05) is 164 Å². The molecule has 0 N–H and O–H groups in total. The Bertz CT molecular complexity index is 4350. The maximum absolute atomic E-state index is 6.48. The second-order valence-electron chi connectivity index (χ2n) is 18.5. The normalized spacial score (nSPS) is 11.6. The molecule has 0 amide bonds. The van der Waals surface area contributed by atoms with Gasteiger partial charge in [0, 0.05) is 67.8 Å². The first-order valence-corrected chi connectivity index (χ1v) is 24.5. The first-order chi connectivity index (χ1) is 35.6. The number of anilines is 6. The minimum atomic E-state index is 0.848. The van der Waals surface area contributed by atoms with Crippen LogP contribution in [-0.4, -0.2) is 0 Å². The predicted molar refractivity (Wildman–Crippen MR) is 302 cm³/mol. The Kier molecular flexibility index (Phi) is 9.82. The molecule has 2 aromatic heterocycles. The summed E-state index contributed by atoms with van der Waals surface area (Å²) in [5, 5.41) is 9.34. The van der Waals surface area contributed by atoms with Crippen LogP contribution in [0.2, 0.25) is 0 Å². The highest BCUT2D eigenvalue weighted by atomic mass is 16.3. The monoisotopic (exact) mass is 920 g/mol. The van der Waals surface area contributed by atoms with Crippen molar-refractivity contribution in [2.75, 3.05) is 9.80 Å². The van der Waals surface area contributed by atoms with Crippen molar-refractivity contribution in [1.82, 2.24) is 0 Å². The van der Waals surface area contributed by atoms with Crippen molar-refractivity contribution in [3.8, 4) is 33.4 Å². The van der Waals surface area contributed by atoms with Crippen molar-refractivity contribution in [1.29, 1.82) is 0 Å². The van der Waals surface area contributed by atoms with Crippen LogP contribution in [0, 0.1) is 0 Å². The Balaban J connectivity index is 0.873. The van der Waals surface area contributed by atoms with Crippen molar-refractivity contribution in [3.05, 3.63) is 267 Å². The van der Waals surface area contributed by atoms with Gasteiger partial charge in [0.15, 0.2) is 0 Å². The molecule has 72 heavy (non-hydrogen) atoms. The summed E-state index contributed by atoms with van der Waals surface area (Å²) < 4.78 is 13.0. The fourth-order valence-corrected chi connectivity index (χ4v) is 10.7. The molecule has 0 saturated heterocycles. The molecule has 0 atom stereocenters. The maximum atomic E-state index is 6.48. The second kappa shape index (κ2) is 17.1. The molecular weight excluding hydrogens is 877 g/mol. The highest BCUT2D eigenvalue weighted by molar-refractivity contribution is 6.07. The summed E-state index contributed by atoms with van der Waals surface area (Å²) >= 11 is 0. The number of fused-ring (bicyclic) bond motifs is 8. The van der Waals surface area contributed by atoms with E-state index in [0.29, 0.717) is 0 Å². The van der Waals surface area contributed by atoms with Crippen LogP contribution >= 0.6 is 0 Å². The lowest BCUT2D eigenvalue weighted by molar-refractivity contribution is 0.668. The Morgan fingerprint density at radius 1 is 0.208 bits per heavy atom. The summed E-state index contributed by atoms with van der Waals surface area (Å²) in [5.41, 5.74) is 16.5. The Morgan fingerprint density at radius 2 is 0.625 bits per heavy atom. The van der Waals surface area contributed by atoms with Crippen LogP contribution in [0.5, 0.6) is 0 Å². The first-order valence-electron chi connectivity index (χ1n) is 24.5. The molecule has 0 bridgehead atoms. The van der Waals surface area contributed by atoms with Gasteiger partial charge in [-0.05, 0) is 146 Å². The van der Waals surface area contributed by atoms with Gasteiger partial charge >= 0.3 is 0 Å². The third-order valence-corrected chi connectivity index (χ3v) is 14.2. The number of hydrogen-bond donors (Lipinski definition) is 0. The van der Waals surface area contributed by atoms with Gasteiger partial charge in [-0.25, -0.2) is 0 Å². The number of furan rings is 2. The zero-order chi connectivity index (χ0) is 47.5. The number of para-hydroxylation sites is 2. The lowest BCUT2D eigenvalue weighted by Crippen LogP contribution is -2.10. The van der Waals surface area contributed by atoms with Gasteiger partial charge in [-0.3, -0.25) is 0 Å². The Hall–Kier alpha value is -9.64. The average molecular weight is 921 g/mol. The summed E-state index contributed by atoms with van der Waals surface area (Å²) in [6.07, 6.45) is 0. The minimum Gasteiger partial charge on any atom is -0.456 e. The molecule has 12 aromatic carbocycles. The summed E-state index contributed by atoms with van der Waals surface area (Å²) in [5.74, 6) is 0. The molecule has 14 rings (SSSR count). The van der Waals surface area contributed by atoms with E-state index < -0.39 is 0 Å². The van der Waals surface area contributed by atoms with E-state index >= 15 is 0 Å². The molecule has 338 valence electrons. The van der Waals surface area contributed by atoms with E-state index in [1.807, 2.05) is 24.3 Å². The van der Waals surface area contributed by atoms with Crippen molar-refractivity contribution in [3.63, 3.8) is 0 Å². The van der Waals surface area contributed by atoms with Gasteiger partial charge in [0.25, 0.3) is 0 Å². The van der Waals surface area contributed by atoms with E-state index in [1.54, 1.807) is 0 Å². The van der Waals surface area contributed by atoms with Gasteiger partial charge < -0.3 is 18.6 Å². The molecule has 0 spiro atoms. The van der Waals surface area contributed by atoms with E-state index in [9.17, 15) is 0 Å². The lowest BCUT2D eigenvalue weighted by Gasteiger charge is -2.27. The zero-order valence-corrected chi connectivity index (χ0v) is 39.1. The fourth-order valence-electron chi connectivity index (χ4n) is 10.7. The smallest absolute Gasteiger partial charge is 0.137 e. The van der Waals surface area contributed by atoms with Gasteiger partial charge in [0.05, 0.1) is 0 Å². The average Bonchev–Trinajstić information content (AvgIpc) is 4.01. The van der Waals surface area contributed by atoms with Crippen LogP contribution in [0.1, 0.15) is 0 Å². The van der Waals surface area contributed by atoms with E-state index in [-0.39, 0.29) is 0 Å². The van der Waals surface area contributed by atoms with Crippen LogP contribution in [0.25, 0.3) is 98.8 Å². The highest BCUT2D eigenvalue weighted by Crippen LogP contribution is 2.44. The quantitative estimate of drug-likeness (QED) is 0.144. The molecule has 4 nitrogen and oxygen atoms in total. The Morgan fingerprint density at radius 3 is 1.22 bits per heavy atom. The van der Waals surface area contributed by atoms with Gasteiger partial charge in [-0.2, -0.15) is 0 Å². The van der Waals surface area contributed by atoms with Crippen molar-refractivity contribution in [2.45, 2.75) is 0 Å². The third kappa shape index (κ3) is 7.24. The maximum Gasteiger partial charge on any atom is 0.137 e. The number of hydrogen-bond acceptors (Lipinski definition) is 4. The van der Waals surface area contributed by atoms with E-state index in [1.165, 1.54) is 38.2 Å². The molecule has 4 heteroatoms. The summed E-state index contributed by atoms with van der Waals surface area (Å²) in [7, 11) is 0. The number of rotatable bonds is 9. The second-order valence-corrected chi connectivity index (χ2v) is 18.5. The highest BCUT2D eigenvalue weighted by Gasteiger charge is 2.20. The van der Waals surface area contributed by atoms with Crippen LogP contribution in [0.4, 0.5) is 34.1 Å². The molecule has 0 radical (unpaired) electrons. The van der Waals surface area contributed by atoms with Crippen LogP contribution in [0.15, 0.2) is 276 Å². The molecular formula is C68H44N2O2. The zero-order valence-electron chi connectivity index (χ0n) is 39.1. The number of benzene rings is 12. The van der Waals surface area contributed by atoms with E-state index in [0.717, 1.165) is 94.7 Å². The van der Waals surface area contributed by atoms with Crippen LogP contribution in [-0.2, 0) is 0 Å². The fraction of sp³-hybridized carbons (Fsp3) is 0. The molecule has 0 unspecified atom stereocenters. The summed E-state index contributed by atoms with van der Waals surface area (Å²) in [4.78, 5) is 4.66. The standard InChI is InChI=1S/C68H44N2O2/c1-2-14-49-40-52(27-26-45(49)12-1)46-28-32-53(33-29-46)69(57-36-38-63-61-21-5-7-24-65(61)71-67(63)43-57)55-18-9-16-50(41-55)51-17-10-19-56(42-51)70(58-37-39-64-62-22-6-8-25-66(62)72-68(64)44-58)54-34-30-48(31-35-54)60-23-11-15-47-13-3-4-20-59(47)60/h1-44H. The molecule has 0 saturated carbocycles. The minimum absolute atomic E-state index is 0.848. The van der Waals surface area contributed by atoms with Gasteiger partial charge in [-0.15, -0.1) is 0 Å². The van der Waals surface area contributed by atoms with Crippen LogP contribution < -0.4 is 9.80 Å². The number of nitrogens with zero attached hydrogens (tertiary/aromatic N) is 2. The first kappa shape index (κ1) is 41.3. The molecule has 2 heterocycles. The summed E-state index contributed by atoms with van der Waals surface area (Å²) in [6, 6.07) is 95.5. The molecule has 0 aliphatic rings. The third-order valence-electron chi connectivity index (χ3n) is 14.2. The summed E-state index contributed by atoms with van der Waals surface area (Å²) in [6.45, 7) is 0. The van der Waals surface area contributed by atoms with Crippen molar-refractivity contribution < 1.29 is 8.83 Å². The molecule has 0 fully saturated rings. The van der Waals surface area contributed by atoms with Gasteiger partial charge in [0.1, 0.15) is 22.3 Å².